The third kappa shape index (κ3) is 15.7. The van der Waals surface area contributed by atoms with Gasteiger partial charge in [0, 0.05) is 26.1 Å². The molecule has 0 heterocycles. The summed E-state index contributed by atoms with van der Waals surface area (Å²) in [5.41, 5.74) is 0. The molecule has 0 aliphatic rings. The first-order chi connectivity index (χ1) is 10.6. The van der Waals surface area contributed by atoms with E-state index in [2.05, 4.69) is 5.32 Å². The lowest BCUT2D eigenvalue weighted by Crippen LogP contribution is -2.33. The van der Waals surface area contributed by atoms with E-state index in [1.54, 1.807) is 11.9 Å². The molecule has 0 saturated carbocycles. The Balaban J connectivity index is 0. The summed E-state index contributed by atoms with van der Waals surface area (Å²) in [4.78, 5) is 13.3. The minimum atomic E-state index is 0.0336. The minimum Gasteiger partial charge on any atom is -0.378 e. The van der Waals surface area contributed by atoms with Crippen LogP contribution in [-0.2, 0) is 19.0 Å². The number of rotatable bonds is 13. The van der Waals surface area contributed by atoms with Gasteiger partial charge in [0.25, 0.3) is 0 Å². The second-order valence-electron chi connectivity index (χ2n) is 4.86. The molecule has 0 radical (unpaired) electrons. The molecule has 0 aromatic heterocycles. The predicted molar refractivity (Wildman–Crippen MR) is 90.2 cm³/mol. The average Bonchev–Trinajstić information content (AvgIpc) is 2.53. The van der Waals surface area contributed by atoms with E-state index < -0.39 is 0 Å². The largest absolute Gasteiger partial charge is 0.378 e. The average molecular weight is 320 g/mol. The van der Waals surface area contributed by atoms with Gasteiger partial charge in [0.1, 0.15) is 0 Å². The summed E-state index contributed by atoms with van der Waals surface area (Å²) in [6.45, 7) is 12.8. The first-order valence-electron chi connectivity index (χ1n) is 8.22. The van der Waals surface area contributed by atoms with Gasteiger partial charge >= 0.3 is 0 Å². The number of nitrogens with one attached hydrogen (secondary N) is 1. The van der Waals surface area contributed by atoms with Crippen molar-refractivity contribution >= 4 is 5.91 Å². The van der Waals surface area contributed by atoms with Crippen molar-refractivity contribution in [1.29, 1.82) is 0 Å². The van der Waals surface area contributed by atoms with Crippen LogP contribution in [0, 0.1) is 5.92 Å². The van der Waals surface area contributed by atoms with Crippen LogP contribution in [-0.4, -0.2) is 77.6 Å². The van der Waals surface area contributed by atoms with Crippen molar-refractivity contribution in [3.63, 3.8) is 0 Å². The molecule has 1 N–H and O–H groups in total. The molecule has 0 aromatic carbocycles. The van der Waals surface area contributed by atoms with Crippen molar-refractivity contribution in [2.45, 2.75) is 27.7 Å². The molecule has 6 nitrogen and oxygen atoms in total. The fraction of sp³-hybridized carbons (Fsp3) is 0.938. The standard InChI is InChI=1S/C14H30N2O4.C2H6/c1-13(2)14(17)16(4)6-8-19-10-12-20-11-9-18-7-5-15-3;1-2/h13,15H,5-12H2,1-4H3;1-2H3. The van der Waals surface area contributed by atoms with E-state index in [1.165, 1.54) is 0 Å². The van der Waals surface area contributed by atoms with E-state index in [0.29, 0.717) is 46.2 Å². The van der Waals surface area contributed by atoms with Crippen LogP contribution in [0.2, 0.25) is 0 Å². The number of hydrogen-bond acceptors (Lipinski definition) is 5. The lowest BCUT2D eigenvalue weighted by molar-refractivity contribution is -0.133. The van der Waals surface area contributed by atoms with Crippen LogP contribution < -0.4 is 5.32 Å². The Bertz CT molecular complexity index is 238. The molecule has 134 valence electrons. The molecule has 0 aliphatic carbocycles. The summed E-state index contributed by atoms with van der Waals surface area (Å²) >= 11 is 0. The zero-order valence-corrected chi connectivity index (χ0v) is 15.3. The third-order valence-electron chi connectivity index (χ3n) is 2.68. The van der Waals surface area contributed by atoms with Crippen molar-refractivity contribution < 1.29 is 19.0 Å². The van der Waals surface area contributed by atoms with Crippen LogP contribution >= 0.6 is 0 Å². The van der Waals surface area contributed by atoms with Gasteiger partial charge in [-0.2, -0.15) is 0 Å². The first kappa shape index (κ1) is 23.6. The third-order valence-corrected chi connectivity index (χ3v) is 2.68. The first-order valence-corrected chi connectivity index (χ1v) is 8.22. The zero-order valence-electron chi connectivity index (χ0n) is 15.3. The maximum absolute atomic E-state index is 11.6. The molecule has 0 aliphatic heterocycles. The van der Waals surface area contributed by atoms with Gasteiger partial charge in [-0.25, -0.2) is 0 Å². The smallest absolute Gasteiger partial charge is 0.224 e. The molecule has 6 heteroatoms. The van der Waals surface area contributed by atoms with Crippen molar-refractivity contribution in [3.05, 3.63) is 0 Å². The van der Waals surface area contributed by atoms with Crippen LogP contribution in [0.25, 0.3) is 0 Å². The second-order valence-corrected chi connectivity index (χ2v) is 4.86. The molecule has 0 saturated heterocycles. The molecule has 1 amide bonds. The van der Waals surface area contributed by atoms with E-state index in [9.17, 15) is 4.79 Å². The van der Waals surface area contributed by atoms with Gasteiger partial charge in [-0.15, -0.1) is 0 Å². The topological polar surface area (TPSA) is 60.0 Å². The summed E-state index contributed by atoms with van der Waals surface area (Å²) < 4.78 is 16.1. The summed E-state index contributed by atoms with van der Waals surface area (Å²) in [5, 5.41) is 3.00. The van der Waals surface area contributed by atoms with Crippen LogP contribution in [0.3, 0.4) is 0 Å². The molecule has 0 spiro atoms. The fourth-order valence-electron chi connectivity index (χ4n) is 1.47. The van der Waals surface area contributed by atoms with E-state index >= 15 is 0 Å². The summed E-state index contributed by atoms with van der Waals surface area (Å²) in [7, 11) is 3.69. The zero-order chi connectivity index (χ0) is 17.2. The number of amides is 1. The van der Waals surface area contributed by atoms with E-state index in [-0.39, 0.29) is 11.8 Å². The number of hydrogen-bond donors (Lipinski definition) is 1. The molecule has 22 heavy (non-hydrogen) atoms. The Kier molecular flexibility index (Phi) is 19.7. The predicted octanol–water partition coefficient (Wildman–Crippen LogP) is 1.40. The molecule has 0 unspecified atom stereocenters. The Morgan fingerprint density at radius 2 is 1.41 bits per heavy atom. The second kappa shape index (κ2) is 18.4. The van der Waals surface area contributed by atoms with Crippen molar-refractivity contribution in [3.8, 4) is 0 Å². The van der Waals surface area contributed by atoms with Gasteiger partial charge < -0.3 is 24.4 Å². The number of nitrogens with zero attached hydrogens (tertiary/aromatic N) is 1. The monoisotopic (exact) mass is 320 g/mol. The molecular weight excluding hydrogens is 284 g/mol. The molecule has 0 aromatic rings. The van der Waals surface area contributed by atoms with Crippen LogP contribution in [0.5, 0.6) is 0 Å². The normalized spacial score (nSPS) is 10.3. The highest BCUT2D eigenvalue weighted by molar-refractivity contribution is 5.77. The van der Waals surface area contributed by atoms with Crippen molar-refractivity contribution in [1.82, 2.24) is 10.2 Å². The summed E-state index contributed by atoms with van der Waals surface area (Å²) in [6, 6.07) is 0. The van der Waals surface area contributed by atoms with Crippen LogP contribution in [0.4, 0.5) is 0 Å². The lowest BCUT2D eigenvalue weighted by Gasteiger charge is -2.19. The van der Waals surface area contributed by atoms with Crippen LogP contribution in [0.15, 0.2) is 0 Å². The maximum Gasteiger partial charge on any atom is 0.224 e. The SMILES string of the molecule is CC.CNCCOCCOCCOCCN(C)C(=O)C(C)C. The fourth-order valence-corrected chi connectivity index (χ4v) is 1.47. The quantitative estimate of drug-likeness (QED) is 0.520. The Labute approximate surface area is 136 Å². The van der Waals surface area contributed by atoms with Gasteiger partial charge in [-0.05, 0) is 7.05 Å². The number of likely N-dealkylation sites (N-methyl/N-ethyl adjacent to an activating group) is 2. The highest BCUT2D eigenvalue weighted by atomic mass is 16.5. The van der Waals surface area contributed by atoms with Gasteiger partial charge in [0.2, 0.25) is 5.91 Å². The summed E-state index contributed by atoms with van der Waals surface area (Å²) in [5.74, 6) is 0.176. The molecular formula is C16H36N2O4. The maximum atomic E-state index is 11.6. The van der Waals surface area contributed by atoms with Crippen molar-refractivity contribution in [2.75, 3.05) is 66.8 Å². The number of carbonyl (C=O) groups excluding carboxylic acids is 1. The Morgan fingerprint density at radius 3 is 1.86 bits per heavy atom. The summed E-state index contributed by atoms with van der Waals surface area (Å²) in [6.07, 6.45) is 0. The van der Waals surface area contributed by atoms with Gasteiger partial charge in [-0.3, -0.25) is 4.79 Å². The van der Waals surface area contributed by atoms with Crippen molar-refractivity contribution in [2.24, 2.45) is 5.92 Å². The van der Waals surface area contributed by atoms with E-state index in [0.717, 1.165) is 6.54 Å². The molecule has 0 bridgehead atoms. The van der Waals surface area contributed by atoms with E-state index in [1.807, 2.05) is 34.7 Å². The molecule has 0 atom stereocenters. The number of ether oxygens (including phenoxy) is 3. The highest BCUT2D eigenvalue weighted by Gasteiger charge is 2.11. The van der Waals surface area contributed by atoms with Crippen LogP contribution in [0.1, 0.15) is 27.7 Å². The highest BCUT2D eigenvalue weighted by Crippen LogP contribution is 1.98. The Morgan fingerprint density at radius 1 is 0.955 bits per heavy atom. The minimum absolute atomic E-state index is 0.0336. The Hall–Kier alpha value is -0.690. The molecule has 0 rings (SSSR count). The lowest BCUT2D eigenvalue weighted by atomic mass is 10.2. The van der Waals surface area contributed by atoms with E-state index in [4.69, 9.17) is 14.2 Å². The number of carbonyl (C=O) groups is 1. The molecule has 0 fully saturated rings. The van der Waals surface area contributed by atoms with Gasteiger partial charge in [0.15, 0.2) is 0 Å². The van der Waals surface area contributed by atoms with Gasteiger partial charge in [-0.1, -0.05) is 27.7 Å². The van der Waals surface area contributed by atoms with Gasteiger partial charge in [0.05, 0.1) is 39.6 Å².